The molecule has 0 spiro atoms. The van der Waals surface area contributed by atoms with Gasteiger partial charge in [0.25, 0.3) is 0 Å². The van der Waals surface area contributed by atoms with Crippen molar-refractivity contribution in [1.29, 1.82) is 0 Å². The van der Waals surface area contributed by atoms with Gasteiger partial charge in [-0.05, 0) is 12.1 Å². The number of nitrogens with zero attached hydrogens (tertiary/aromatic N) is 1. The van der Waals surface area contributed by atoms with Gasteiger partial charge < -0.3 is 5.11 Å². The van der Waals surface area contributed by atoms with E-state index in [1.807, 2.05) is 5.38 Å². The number of thiazole rings is 1. The van der Waals surface area contributed by atoms with Crippen LogP contribution in [0.5, 0.6) is 5.75 Å². The third-order valence-electron chi connectivity index (χ3n) is 2.31. The zero-order valence-electron chi connectivity index (χ0n) is 9.41. The lowest BCUT2D eigenvalue weighted by Crippen LogP contribution is -2.26. The monoisotopic (exact) mass is 284 g/mol. The van der Waals surface area contributed by atoms with E-state index in [4.69, 9.17) is 0 Å². The Balaban J connectivity index is 2.02. The molecule has 0 bridgehead atoms. The molecule has 2 aromatic rings. The van der Waals surface area contributed by atoms with Crippen LogP contribution in [-0.4, -0.2) is 25.1 Å². The van der Waals surface area contributed by atoms with Crippen molar-refractivity contribution in [1.82, 2.24) is 9.71 Å². The minimum absolute atomic E-state index is 0.108. The minimum atomic E-state index is -3.67. The Morgan fingerprint density at radius 1 is 1.33 bits per heavy atom. The molecule has 0 amide bonds. The van der Waals surface area contributed by atoms with Crippen molar-refractivity contribution in [2.45, 2.75) is 11.3 Å². The van der Waals surface area contributed by atoms with Crippen molar-refractivity contribution in [3.63, 3.8) is 0 Å². The maximum absolute atomic E-state index is 11.9. The Morgan fingerprint density at radius 2 is 2.11 bits per heavy atom. The summed E-state index contributed by atoms with van der Waals surface area (Å²) in [6.45, 7) is 0.250. The normalized spacial score (nSPS) is 11.6. The molecule has 96 valence electrons. The molecule has 0 unspecified atom stereocenters. The van der Waals surface area contributed by atoms with E-state index in [0.717, 1.165) is 5.69 Å². The van der Waals surface area contributed by atoms with Gasteiger partial charge in [0.15, 0.2) is 0 Å². The molecule has 5 nitrogen and oxygen atoms in total. The topological polar surface area (TPSA) is 79.3 Å². The summed E-state index contributed by atoms with van der Waals surface area (Å²) in [4.78, 5) is 3.95. The number of nitrogens with one attached hydrogen (secondary N) is 1. The predicted molar refractivity (Wildman–Crippen MR) is 69.1 cm³/mol. The van der Waals surface area contributed by atoms with Crippen molar-refractivity contribution in [3.05, 3.63) is 40.8 Å². The number of rotatable bonds is 5. The largest absolute Gasteiger partial charge is 0.507 e. The average Bonchev–Trinajstić information content (AvgIpc) is 2.82. The lowest BCUT2D eigenvalue weighted by atomic mass is 10.3. The highest BCUT2D eigenvalue weighted by Crippen LogP contribution is 2.20. The standard InChI is InChI=1S/C11H12N2O3S2/c14-10-3-1-2-4-11(10)18(15,16)13-6-5-9-7-17-8-12-9/h1-4,7-8,13-14H,5-6H2. The van der Waals surface area contributed by atoms with Gasteiger partial charge in [-0.2, -0.15) is 0 Å². The van der Waals surface area contributed by atoms with Crippen molar-refractivity contribution in [2.75, 3.05) is 6.54 Å². The lowest BCUT2D eigenvalue weighted by Gasteiger charge is -2.07. The number of hydrogen-bond donors (Lipinski definition) is 2. The molecule has 1 aromatic carbocycles. The number of aromatic nitrogens is 1. The third-order valence-corrected chi connectivity index (χ3v) is 4.46. The maximum atomic E-state index is 11.9. The number of para-hydroxylation sites is 1. The number of sulfonamides is 1. The smallest absolute Gasteiger partial charge is 0.244 e. The Morgan fingerprint density at radius 3 is 2.78 bits per heavy atom. The average molecular weight is 284 g/mol. The molecule has 7 heteroatoms. The van der Waals surface area contributed by atoms with Crippen LogP contribution in [-0.2, 0) is 16.4 Å². The molecule has 0 saturated carbocycles. The van der Waals surface area contributed by atoms with Gasteiger partial charge in [0, 0.05) is 18.3 Å². The Labute approximate surface area is 109 Å². The van der Waals surface area contributed by atoms with E-state index in [1.54, 1.807) is 17.6 Å². The lowest BCUT2D eigenvalue weighted by molar-refractivity contribution is 0.458. The highest BCUT2D eigenvalue weighted by molar-refractivity contribution is 7.89. The summed E-state index contributed by atoms with van der Waals surface area (Å²) < 4.78 is 26.2. The van der Waals surface area contributed by atoms with Crippen LogP contribution in [0.4, 0.5) is 0 Å². The summed E-state index contributed by atoms with van der Waals surface area (Å²) in [5.41, 5.74) is 2.55. The van der Waals surface area contributed by atoms with E-state index >= 15 is 0 Å². The van der Waals surface area contributed by atoms with E-state index in [0.29, 0.717) is 6.42 Å². The van der Waals surface area contributed by atoms with Crippen LogP contribution >= 0.6 is 11.3 Å². The summed E-state index contributed by atoms with van der Waals surface area (Å²) in [7, 11) is -3.67. The number of aromatic hydroxyl groups is 1. The molecule has 0 aliphatic heterocycles. The van der Waals surface area contributed by atoms with Crippen molar-refractivity contribution in [3.8, 4) is 5.75 Å². The zero-order valence-corrected chi connectivity index (χ0v) is 11.0. The van der Waals surface area contributed by atoms with Crippen LogP contribution in [0, 0.1) is 0 Å². The van der Waals surface area contributed by atoms with Gasteiger partial charge in [-0.15, -0.1) is 11.3 Å². The molecule has 0 aliphatic carbocycles. The van der Waals surface area contributed by atoms with Crippen molar-refractivity contribution < 1.29 is 13.5 Å². The second-order valence-electron chi connectivity index (χ2n) is 3.60. The van der Waals surface area contributed by atoms with Crippen LogP contribution in [0.15, 0.2) is 40.1 Å². The quantitative estimate of drug-likeness (QED) is 0.869. The SMILES string of the molecule is O=S(=O)(NCCc1cscn1)c1ccccc1O. The Hall–Kier alpha value is -1.44. The molecule has 0 atom stereocenters. The van der Waals surface area contributed by atoms with Crippen LogP contribution in [0.3, 0.4) is 0 Å². The molecule has 0 fully saturated rings. The fourth-order valence-electron chi connectivity index (χ4n) is 1.44. The van der Waals surface area contributed by atoms with Gasteiger partial charge in [0.1, 0.15) is 10.6 Å². The van der Waals surface area contributed by atoms with Gasteiger partial charge in [-0.3, -0.25) is 0 Å². The van der Waals surface area contributed by atoms with Crippen LogP contribution < -0.4 is 4.72 Å². The van der Waals surface area contributed by atoms with E-state index in [1.165, 1.54) is 23.5 Å². The number of hydrogen-bond acceptors (Lipinski definition) is 5. The van der Waals surface area contributed by atoms with Crippen LogP contribution in [0.2, 0.25) is 0 Å². The third kappa shape index (κ3) is 3.06. The molecule has 0 aliphatic rings. The highest BCUT2D eigenvalue weighted by atomic mass is 32.2. The molecule has 0 saturated heterocycles. The molecule has 0 radical (unpaired) electrons. The Kier molecular flexibility index (Phi) is 3.95. The maximum Gasteiger partial charge on any atom is 0.244 e. The van der Waals surface area contributed by atoms with Crippen LogP contribution in [0.1, 0.15) is 5.69 Å². The first-order valence-electron chi connectivity index (χ1n) is 5.24. The summed E-state index contributed by atoms with van der Waals surface area (Å²) >= 11 is 1.47. The van der Waals surface area contributed by atoms with E-state index in [9.17, 15) is 13.5 Å². The second-order valence-corrected chi connectivity index (χ2v) is 6.05. The summed E-state index contributed by atoms with van der Waals surface area (Å²) in [6.07, 6.45) is 0.524. The molecule has 1 aromatic heterocycles. The first kappa shape index (κ1) is 13.0. The first-order valence-corrected chi connectivity index (χ1v) is 7.67. The number of phenols is 1. The zero-order chi connectivity index (χ0) is 13.0. The van der Waals surface area contributed by atoms with Gasteiger partial charge in [0.05, 0.1) is 11.2 Å². The van der Waals surface area contributed by atoms with E-state index in [2.05, 4.69) is 9.71 Å². The fourth-order valence-corrected chi connectivity index (χ4v) is 3.16. The second kappa shape index (κ2) is 5.47. The molecular weight excluding hydrogens is 272 g/mol. The van der Waals surface area contributed by atoms with Crippen molar-refractivity contribution >= 4 is 21.4 Å². The number of benzene rings is 1. The van der Waals surface area contributed by atoms with Gasteiger partial charge in [-0.25, -0.2) is 18.1 Å². The summed E-state index contributed by atoms with van der Waals surface area (Å²) in [6, 6.07) is 5.84. The highest BCUT2D eigenvalue weighted by Gasteiger charge is 2.17. The van der Waals surface area contributed by atoms with E-state index < -0.39 is 10.0 Å². The molecule has 1 heterocycles. The molecule has 18 heavy (non-hydrogen) atoms. The first-order chi connectivity index (χ1) is 8.59. The number of phenolic OH excluding ortho intramolecular Hbond substituents is 1. The van der Waals surface area contributed by atoms with Crippen molar-refractivity contribution in [2.24, 2.45) is 0 Å². The fraction of sp³-hybridized carbons (Fsp3) is 0.182. The van der Waals surface area contributed by atoms with Gasteiger partial charge >= 0.3 is 0 Å². The van der Waals surface area contributed by atoms with Crippen LogP contribution in [0.25, 0.3) is 0 Å². The minimum Gasteiger partial charge on any atom is -0.507 e. The molecule has 2 rings (SSSR count). The molecular formula is C11H12N2O3S2. The summed E-state index contributed by atoms with van der Waals surface area (Å²) in [5.74, 6) is -0.251. The molecule has 2 N–H and O–H groups in total. The van der Waals surface area contributed by atoms with E-state index in [-0.39, 0.29) is 17.2 Å². The van der Waals surface area contributed by atoms with Gasteiger partial charge in [-0.1, -0.05) is 12.1 Å². The predicted octanol–water partition coefficient (Wildman–Crippen LogP) is 1.37. The Bertz CT molecular complexity index is 609. The summed E-state index contributed by atoms with van der Waals surface area (Å²) in [5, 5.41) is 11.4. The van der Waals surface area contributed by atoms with Gasteiger partial charge in [0.2, 0.25) is 10.0 Å².